The van der Waals surface area contributed by atoms with Crippen LogP contribution in [0.2, 0.25) is 0 Å². The zero-order chi connectivity index (χ0) is 13.0. The summed E-state index contributed by atoms with van der Waals surface area (Å²) in [6, 6.07) is 8.14. The third-order valence-electron chi connectivity index (χ3n) is 2.56. The Labute approximate surface area is 114 Å². The molecular formula is C13H14BrN3O. The first-order valence-corrected chi connectivity index (χ1v) is 6.35. The van der Waals surface area contributed by atoms with Gasteiger partial charge in [0, 0.05) is 18.1 Å². The minimum Gasteiger partial charge on any atom is -0.390 e. The molecule has 0 radical (unpaired) electrons. The zero-order valence-corrected chi connectivity index (χ0v) is 11.6. The Bertz CT molecular complexity index is 516. The van der Waals surface area contributed by atoms with E-state index in [1.807, 2.05) is 24.1 Å². The number of aliphatic hydroxyl groups is 1. The molecule has 0 saturated heterocycles. The molecule has 18 heavy (non-hydrogen) atoms. The van der Waals surface area contributed by atoms with Gasteiger partial charge in [0.25, 0.3) is 0 Å². The van der Waals surface area contributed by atoms with Gasteiger partial charge in [-0.25, -0.2) is 4.98 Å². The fourth-order valence-corrected chi connectivity index (χ4v) is 1.86. The van der Waals surface area contributed by atoms with Crippen LogP contribution in [0, 0.1) is 0 Å². The van der Waals surface area contributed by atoms with Gasteiger partial charge in [0.15, 0.2) is 0 Å². The lowest BCUT2D eigenvalue weighted by Gasteiger charge is -2.18. The van der Waals surface area contributed by atoms with Gasteiger partial charge in [-0.05, 0) is 17.7 Å². The maximum absolute atomic E-state index is 9.04. The molecule has 1 aromatic carbocycles. The highest BCUT2D eigenvalue weighted by molar-refractivity contribution is 9.10. The summed E-state index contributed by atoms with van der Waals surface area (Å²) < 4.78 is 1.07. The molecule has 0 aliphatic carbocycles. The average molecular weight is 308 g/mol. The van der Waals surface area contributed by atoms with E-state index in [0.717, 1.165) is 16.8 Å². The van der Waals surface area contributed by atoms with E-state index >= 15 is 0 Å². The first-order valence-electron chi connectivity index (χ1n) is 5.56. The maximum atomic E-state index is 9.04. The van der Waals surface area contributed by atoms with Gasteiger partial charge in [-0.15, -0.1) is 0 Å². The van der Waals surface area contributed by atoms with E-state index in [1.165, 1.54) is 5.56 Å². The molecule has 0 bridgehead atoms. The van der Waals surface area contributed by atoms with Gasteiger partial charge in [0.1, 0.15) is 5.82 Å². The Morgan fingerprint density at radius 2 is 1.94 bits per heavy atom. The predicted octanol–water partition coefficient (Wildman–Crippen LogP) is 2.37. The van der Waals surface area contributed by atoms with Gasteiger partial charge in [-0.2, -0.15) is 0 Å². The van der Waals surface area contributed by atoms with Crippen LogP contribution in [-0.2, 0) is 13.2 Å². The second kappa shape index (κ2) is 5.93. The molecule has 2 rings (SSSR count). The zero-order valence-electron chi connectivity index (χ0n) is 10.0. The number of nitrogens with zero attached hydrogens (tertiary/aromatic N) is 3. The summed E-state index contributed by atoms with van der Waals surface area (Å²) in [5, 5.41) is 9.04. The Balaban J connectivity index is 2.11. The molecule has 0 aliphatic rings. The summed E-state index contributed by atoms with van der Waals surface area (Å²) in [5.41, 5.74) is 1.77. The fraction of sp³-hybridized carbons (Fsp3) is 0.231. The van der Waals surface area contributed by atoms with Crippen molar-refractivity contribution in [3.8, 4) is 0 Å². The molecule has 94 valence electrons. The summed E-state index contributed by atoms with van der Waals surface area (Å²) in [4.78, 5) is 10.4. The summed E-state index contributed by atoms with van der Waals surface area (Å²) in [6.07, 6.45) is 3.26. The van der Waals surface area contributed by atoms with Crippen molar-refractivity contribution in [3.05, 3.63) is 52.4 Å². The van der Waals surface area contributed by atoms with Gasteiger partial charge >= 0.3 is 0 Å². The van der Waals surface area contributed by atoms with Crippen molar-refractivity contribution in [2.24, 2.45) is 0 Å². The second-order valence-electron chi connectivity index (χ2n) is 4.01. The monoisotopic (exact) mass is 307 g/mol. The molecule has 0 unspecified atom stereocenters. The van der Waals surface area contributed by atoms with Crippen LogP contribution in [0.15, 0.2) is 41.1 Å². The van der Waals surface area contributed by atoms with Crippen molar-refractivity contribution in [2.45, 2.75) is 13.2 Å². The molecule has 0 atom stereocenters. The highest BCUT2D eigenvalue weighted by Gasteiger charge is 2.05. The molecule has 1 aromatic heterocycles. The summed E-state index contributed by atoms with van der Waals surface area (Å²) in [5.74, 6) is 0.754. The lowest BCUT2D eigenvalue weighted by Crippen LogP contribution is -2.18. The molecule has 0 amide bonds. The van der Waals surface area contributed by atoms with E-state index in [2.05, 4.69) is 38.0 Å². The number of aromatic nitrogens is 2. The van der Waals surface area contributed by atoms with Crippen molar-refractivity contribution in [1.29, 1.82) is 0 Å². The van der Waals surface area contributed by atoms with Gasteiger partial charge in [-0.1, -0.05) is 28.1 Å². The number of aliphatic hydroxyl groups excluding tert-OH is 1. The summed E-state index contributed by atoms with van der Waals surface area (Å²) in [7, 11) is 1.95. The number of rotatable bonds is 4. The van der Waals surface area contributed by atoms with Crippen molar-refractivity contribution in [1.82, 2.24) is 9.97 Å². The van der Waals surface area contributed by atoms with Crippen LogP contribution in [0.5, 0.6) is 0 Å². The molecule has 2 aromatic rings. The Kier molecular flexibility index (Phi) is 4.28. The number of benzene rings is 1. The largest absolute Gasteiger partial charge is 0.390 e. The molecule has 4 nitrogen and oxygen atoms in total. The summed E-state index contributed by atoms with van der Waals surface area (Å²) in [6.45, 7) is 0.657. The van der Waals surface area contributed by atoms with E-state index in [4.69, 9.17) is 5.11 Å². The first kappa shape index (κ1) is 13.0. The van der Waals surface area contributed by atoms with E-state index in [-0.39, 0.29) is 6.61 Å². The van der Waals surface area contributed by atoms with Crippen molar-refractivity contribution in [3.63, 3.8) is 0 Å². The normalized spacial score (nSPS) is 10.4. The number of anilines is 1. The van der Waals surface area contributed by atoms with Gasteiger partial charge < -0.3 is 10.0 Å². The molecule has 0 aliphatic heterocycles. The topological polar surface area (TPSA) is 49.2 Å². The average Bonchev–Trinajstić information content (AvgIpc) is 2.41. The number of hydrogen-bond donors (Lipinski definition) is 1. The van der Waals surface area contributed by atoms with Crippen LogP contribution in [-0.4, -0.2) is 22.1 Å². The van der Waals surface area contributed by atoms with Crippen molar-refractivity contribution < 1.29 is 5.11 Å². The lowest BCUT2D eigenvalue weighted by atomic mass is 10.2. The highest BCUT2D eigenvalue weighted by Crippen LogP contribution is 2.15. The molecule has 0 spiro atoms. The minimum absolute atomic E-state index is 0.0903. The molecule has 0 saturated carbocycles. The van der Waals surface area contributed by atoms with Crippen molar-refractivity contribution in [2.75, 3.05) is 11.9 Å². The predicted molar refractivity (Wildman–Crippen MR) is 74.2 cm³/mol. The van der Waals surface area contributed by atoms with Crippen LogP contribution < -0.4 is 4.90 Å². The van der Waals surface area contributed by atoms with E-state index in [1.54, 1.807) is 12.4 Å². The Morgan fingerprint density at radius 3 is 2.61 bits per heavy atom. The highest BCUT2D eigenvalue weighted by atomic mass is 79.9. The Hall–Kier alpha value is -1.46. The van der Waals surface area contributed by atoms with Crippen LogP contribution in [0.4, 0.5) is 5.82 Å². The quantitative estimate of drug-likeness (QED) is 0.942. The van der Waals surface area contributed by atoms with Gasteiger partial charge in [-0.3, -0.25) is 4.98 Å². The second-order valence-corrected chi connectivity index (χ2v) is 4.92. The maximum Gasteiger partial charge on any atom is 0.147 e. The van der Waals surface area contributed by atoms with Gasteiger partial charge in [0.2, 0.25) is 0 Å². The van der Waals surface area contributed by atoms with E-state index in [9.17, 15) is 0 Å². The number of hydrogen-bond acceptors (Lipinski definition) is 4. The van der Waals surface area contributed by atoms with Crippen LogP contribution in [0.25, 0.3) is 0 Å². The summed E-state index contributed by atoms with van der Waals surface area (Å²) >= 11 is 3.41. The third-order valence-corrected chi connectivity index (χ3v) is 3.09. The molecule has 1 heterocycles. The Morgan fingerprint density at radius 1 is 1.22 bits per heavy atom. The molecule has 1 N–H and O–H groups in total. The SMILES string of the molecule is CN(Cc1ccc(Br)cc1)c1cncc(CO)n1. The molecule has 5 heteroatoms. The molecular weight excluding hydrogens is 294 g/mol. The smallest absolute Gasteiger partial charge is 0.147 e. The fourth-order valence-electron chi connectivity index (χ4n) is 1.60. The first-order chi connectivity index (χ1) is 8.69. The number of halogens is 1. The minimum atomic E-state index is -0.0903. The standard InChI is InChI=1S/C13H14BrN3O/c1-17(8-10-2-4-11(14)5-3-10)13-7-15-6-12(9-18)16-13/h2-7,18H,8-9H2,1H3. The van der Waals surface area contributed by atoms with Crippen LogP contribution in [0.3, 0.4) is 0 Å². The lowest BCUT2D eigenvalue weighted by molar-refractivity contribution is 0.276. The molecule has 0 fully saturated rings. The van der Waals surface area contributed by atoms with E-state index in [0.29, 0.717) is 5.69 Å². The third kappa shape index (κ3) is 3.27. The van der Waals surface area contributed by atoms with Gasteiger partial charge in [0.05, 0.1) is 24.7 Å². The van der Waals surface area contributed by atoms with Crippen molar-refractivity contribution >= 4 is 21.7 Å². The van der Waals surface area contributed by atoms with Crippen LogP contribution in [0.1, 0.15) is 11.3 Å². The van der Waals surface area contributed by atoms with Crippen LogP contribution >= 0.6 is 15.9 Å². The van der Waals surface area contributed by atoms with E-state index < -0.39 is 0 Å².